The highest BCUT2D eigenvalue weighted by Gasteiger charge is 2.01. The summed E-state index contributed by atoms with van der Waals surface area (Å²) in [6.07, 6.45) is 1.03. The van der Waals surface area contributed by atoms with Gasteiger partial charge in [0, 0.05) is 16.4 Å². The van der Waals surface area contributed by atoms with E-state index in [1.54, 1.807) is 0 Å². The quantitative estimate of drug-likeness (QED) is 0.382. The van der Waals surface area contributed by atoms with E-state index in [0.29, 0.717) is 21.6 Å². The molecule has 0 bridgehead atoms. The second-order valence-corrected chi connectivity index (χ2v) is 8.54. The zero-order valence-electron chi connectivity index (χ0n) is 4.97. The van der Waals surface area contributed by atoms with Crippen LogP contribution in [0.3, 0.4) is 0 Å². The zero-order chi connectivity index (χ0) is 8.20. The maximum Gasteiger partial charge on any atom is 0.199 e. The van der Waals surface area contributed by atoms with Crippen LogP contribution >= 0.6 is 21.6 Å². The summed E-state index contributed by atoms with van der Waals surface area (Å²) in [6.45, 7) is 0. The predicted molar refractivity (Wildman–Crippen MR) is 43.8 cm³/mol. The van der Waals surface area contributed by atoms with Gasteiger partial charge in [0.2, 0.25) is 0 Å². The molecule has 1 unspecified atom stereocenters. The first kappa shape index (κ1) is 10.8. The van der Waals surface area contributed by atoms with Crippen LogP contribution in [0.25, 0.3) is 0 Å². The van der Waals surface area contributed by atoms with Crippen LogP contribution in [-0.2, 0) is 19.0 Å². The Morgan fingerprint density at radius 3 is 2.40 bits per heavy atom. The molecule has 0 aliphatic carbocycles. The lowest BCUT2D eigenvalue weighted by Crippen LogP contribution is -1.89. The molecule has 0 N–H and O–H groups in total. The highest BCUT2D eigenvalue weighted by Crippen LogP contribution is 2.18. The summed E-state index contributed by atoms with van der Waals surface area (Å²) in [4.78, 5) is 0. The van der Waals surface area contributed by atoms with Crippen molar-refractivity contribution in [1.29, 1.82) is 0 Å². The average Bonchev–Trinajstić information content (AvgIpc) is 1.59. The Bertz CT molecular complexity index is 205. The summed E-state index contributed by atoms with van der Waals surface area (Å²) >= 11 is 0. The van der Waals surface area contributed by atoms with E-state index in [1.807, 2.05) is 0 Å². The predicted octanol–water partition coefficient (Wildman–Crippen LogP) is 0.164. The van der Waals surface area contributed by atoms with E-state index in [0.717, 1.165) is 6.26 Å². The largest absolute Gasteiger partial charge is 0.764 e. The average molecular weight is 221 g/mol. The lowest BCUT2D eigenvalue weighted by Gasteiger charge is -2.00. The molecule has 10 heavy (non-hydrogen) atoms. The van der Waals surface area contributed by atoms with Crippen LogP contribution in [0.1, 0.15) is 0 Å². The lowest BCUT2D eigenvalue weighted by atomic mass is 11.9. The Kier molecular flexibility index (Phi) is 4.95. The normalized spacial score (nSPS) is 15.0. The minimum Gasteiger partial charge on any atom is -0.764 e. The van der Waals surface area contributed by atoms with Crippen molar-refractivity contribution in [1.82, 2.24) is 0 Å². The van der Waals surface area contributed by atoms with E-state index < -0.39 is 19.0 Å². The minimum atomic E-state index is -3.10. The van der Waals surface area contributed by atoms with Gasteiger partial charge >= 0.3 is 0 Å². The maximum atomic E-state index is 10.4. The number of rotatable bonds is 4. The molecule has 0 fully saturated rings. The molecule has 0 radical (unpaired) electrons. The van der Waals surface area contributed by atoms with Gasteiger partial charge in [0.15, 0.2) is 8.87 Å². The molecule has 0 spiro atoms. The van der Waals surface area contributed by atoms with Crippen LogP contribution < -0.4 is 0 Å². The van der Waals surface area contributed by atoms with E-state index in [1.165, 1.54) is 0 Å². The molecule has 0 saturated carbocycles. The fourth-order valence-electron chi connectivity index (χ4n) is 0.146. The van der Waals surface area contributed by atoms with E-state index in [-0.39, 0.29) is 5.08 Å². The Labute approximate surface area is 69.2 Å². The summed E-state index contributed by atoms with van der Waals surface area (Å²) in [6, 6.07) is 0. The van der Waals surface area contributed by atoms with Gasteiger partial charge in [-0.3, -0.25) is 4.21 Å². The monoisotopic (exact) mass is 221 g/mol. The van der Waals surface area contributed by atoms with Crippen LogP contribution in [-0.4, -0.2) is 28.5 Å². The van der Waals surface area contributed by atoms with Crippen molar-refractivity contribution in [3.63, 3.8) is 0 Å². The SMILES string of the molecule is CS(=O)(=O)SCSS(=O)[O-]. The molecule has 0 aliphatic rings. The molecule has 4 nitrogen and oxygen atoms in total. The third kappa shape index (κ3) is 8.76. The van der Waals surface area contributed by atoms with Crippen LogP contribution in [0.5, 0.6) is 0 Å². The molecular weight excluding hydrogens is 216 g/mol. The van der Waals surface area contributed by atoms with E-state index in [2.05, 4.69) is 0 Å². The topological polar surface area (TPSA) is 74.3 Å². The van der Waals surface area contributed by atoms with Gasteiger partial charge in [0.1, 0.15) is 0 Å². The van der Waals surface area contributed by atoms with Gasteiger partial charge in [-0.15, -0.1) is 0 Å². The third-order valence-electron chi connectivity index (χ3n) is 0.407. The van der Waals surface area contributed by atoms with Crippen molar-refractivity contribution in [2.75, 3.05) is 11.3 Å². The summed E-state index contributed by atoms with van der Waals surface area (Å²) in [5.41, 5.74) is 0. The van der Waals surface area contributed by atoms with Gasteiger partial charge in [0.25, 0.3) is 0 Å². The molecule has 62 valence electrons. The van der Waals surface area contributed by atoms with Crippen LogP contribution in [0.15, 0.2) is 0 Å². The van der Waals surface area contributed by atoms with Gasteiger partial charge in [0.05, 0.1) is 5.08 Å². The van der Waals surface area contributed by atoms with E-state index >= 15 is 0 Å². The molecule has 0 heterocycles. The van der Waals surface area contributed by atoms with Crippen LogP contribution in [0.2, 0.25) is 0 Å². The summed E-state index contributed by atoms with van der Waals surface area (Å²) in [5, 5.41) is 0.0228. The van der Waals surface area contributed by atoms with Gasteiger partial charge < -0.3 is 4.55 Å². The minimum absolute atomic E-state index is 0.0228. The molecule has 0 aromatic carbocycles. The first-order chi connectivity index (χ1) is 4.42. The first-order valence-electron chi connectivity index (χ1n) is 1.99. The van der Waals surface area contributed by atoms with Crippen molar-refractivity contribution in [2.45, 2.75) is 0 Å². The van der Waals surface area contributed by atoms with E-state index in [4.69, 9.17) is 0 Å². The van der Waals surface area contributed by atoms with E-state index in [9.17, 15) is 17.2 Å². The van der Waals surface area contributed by atoms with Gasteiger partial charge in [-0.2, -0.15) is 0 Å². The van der Waals surface area contributed by atoms with Crippen molar-refractivity contribution >= 4 is 40.6 Å². The second-order valence-electron chi connectivity index (χ2n) is 1.26. The Balaban J connectivity index is 3.49. The highest BCUT2D eigenvalue weighted by atomic mass is 33.2. The standard InChI is InChI=1S/C2H6O4S4/c1-10(5,6)8-2-7-9(3)4/h2H2,1H3,(H,3,4)/p-1. The molecule has 1 atom stereocenters. The summed E-state index contributed by atoms with van der Waals surface area (Å²) in [7, 11) is -4.15. The third-order valence-corrected chi connectivity index (χ3v) is 5.39. The summed E-state index contributed by atoms with van der Waals surface area (Å²) < 4.78 is 40.4. The molecule has 0 aromatic rings. The molecule has 0 aliphatic heterocycles. The molecule has 0 aromatic heterocycles. The van der Waals surface area contributed by atoms with Crippen molar-refractivity contribution in [3.05, 3.63) is 0 Å². The number of hydrogen-bond acceptors (Lipinski definition) is 6. The molecule has 0 amide bonds. The van der Waals surface area contributed by atoms with Crippen LogP contribution in [0.4, 0.5) is 0 Å². The number of hydrogen-bond donors (Lipinski definition) is 0. The molecule has 8 heteroatoms. The summed E-state index contributed by atoms with van der Waals surface area (Å²) in [5.74, 6) is 0. The molecular formula is C2H5O4S4-. The van der Waals surface area contributed by atoms with Crippen molar-refractivity contribution in [2.24, 2.45) is 0 Å². The fraction of sp³-hybridized carbons (Fsp3) is 1.00. The second kappa shape index (κ2) is 4.60. The first-order valence-corrected chi connectivity index (χ1v) is 7.96. The van der Waals surface area contributed by atoms with Gasteiger partial charge in [-0.25, -0.2) is 8.42 Å². The Hall–Kier alpha value is 0.760. The smallest absolute Gasteiger partial charge is 0.199 e. The molecule has 0 saturated heterocycles. The molecule has 0 rings (SSSR count). The van der Waals surface area contributed by atoms with Crippen molar-refractivity contribution < 1.29 is 17.2 Å². The van der Waals surface area contributed by atoms with Gasteiger partial charge in [-0.05, 0) is 10.8 Å². The fourth-order valence-corrected chi connectivity index (χ4v) is 5.01. The maximum absolute atomic E-state index is 10.4. The van der Waals surface area contributed by atoms with Crippen LogP contribution in [0, 0.1) is 0 Å². The van der Waals surface area contributed by atoms with Crippen molar-refractivity contribution in [3.8, 4) is 0 Å². The Morgan fingerprint density at radius 2 is 2.10 bits per heavy atom. The zero-order valence-corrected chi connectivity index (χ0v) is 8.24. The Morgan fingerprint density at radius 1 is 1.60 bits per heavy atom. The highest BCUT2D eigenvalue weighted by molar-refractivity contribution is 8.78. The van der Waals surface area contributed by atoms with Gasteiger partial charge in [-0.1, -0.05) is 10.8 Å². The lowest BCUT2D eigenvalue weighted by molar-refractivity contribution is 0.553.